The van der Waals surface area contributed by atoms with Gasteiger partial charge in [-0.1, -0.05) is 66.7 Å². The van der Waals surface area contributed by atoms with Crippen LogP contribution in [0.5, 0.6) is 11.5 Å². The molecule has 0 bridgehead atoms. The number of hydrogen-bond acceptors (Lipinski definition) is 3. The molecule has 27 heavy (non-hydrogen) atoms. The second-order valence-corrected chi connectivity index (χ2v) is 6.53. The molecule has 0 aliphatic heterocycles. The van der Waals surface area contributed by atoms with Crippen LogP contribution in [0.2, 0.25) is 0 Å². The molecule has 0 aliphatic carbocycles. The van der Waals surface area contributed by atoms with E-state index < -0.39 is 0 Å². The highest BCUT2D eigenvalue weighted by molar-refractivity contribution is 5.75. The Bertz CT molecular complexity index is 857. The minimum atomic E-state index is 0.186. The molecule has 3 rings (SSSR count). The molecule has 0 aliphatic rings. The standard InChI is InChI=1S/C24H24O3/c1-19(25)12-13-20-14-15-23(26-17-21-8-4-2-5-9-21)24(16-20)27-18-22-10-6-3-7-11-22/h2-11,14-16H,12-13,17-18H2,1H3. The van der Waals surface area contributed by atoms with Gasteiger partial charge in [0.2, 0.25) is 0 Å². The summed E-state index contributed by atoms with van der Waals surface area (Å²) in [6.45, 7) is 2.57. The van der Waals surface area contributed by atoms with E-state index in [-0.39, 0.29) is 5.78 Å². The number of hydrogen-bond donors (Lipinski definition) is 0. The van der Waals surface area contributed by atoms with E-state index in [1.807, 2.05) is 78.9 Å². The van der Waals surface area contributed by atoms with Crippen molar-refractivity contribution in [3.05, 3.63) is 95.6 Å². The fourth-order valence-electron chi connectivity index (χ4n) is 2.73. The molecule has 0 saturated carbocycles. The van der Waals surface area contributed by atoms with Gasteiger partial charge in [-0.25, -0.2) is 0 Å². The van der Waals surface area contributed by atoms with E-state index in [1.54, 1.807) is 6.92 Å². The first-order valence-electron chi connectivity index (χ1n) is 9.16. The van der Waals surface area contributed by atoms with Crippen LogP contribution < -0.4 is 9.47 Å². The normalized spacial score (nSPS) is 10.4. The van der Waals surface area contributed by atoms with Gasteiger partial charge in [0.15, 0.2) is 11.5 Å². The fraction of sp³-hybridized carbons (Fsp3) is 0.208. The summed E-state index contributed by atoms with van der Waals surface area (Å²) in [6, 6.07) is 26.0. The average Bonchev–Trinajstić information content (AvgIpc) is 2.71. The van der Waals surface area contributed by atoms with E-state index in [1.165, 1.54) is 0 Å². The van der Waals surface area contributed by atoms with Gasteiger partial charge in [0.25, 0.3) is 0 Å². The zero-order valence-electron chi connectivity index (χ0n) is 15.6. The second-order valence-electron chi connectivity index (χ2n) is 6.53. The Kier molecular flexibility index (Phi) is 6.64. The summed E-state index contributed by atoms with van der Waals surface area (Å²) in [4.78, 5) is 11.3. The number of carbonyl (C=O) groups excluding carboxylic acids is 1. The fourth-order valence-corrected chi connectivity index (χ4v) is 2.73. The summed E-state index contributed by atoms with van der Waals surface area (Å²) >= 11 is 0. The maximum Gasteiger partial charge on any atom is 0.161 e. The molecule has 0 radical (unpaired) electrons. The first kappa shape index (κ1) is 18.7. The van der Waals surface area contributed by atoms with Crippen molar-refractivity contribution < 1.29 is 14.3 Å². The third-order valence-corrected chi connectivity index (χ3v) is 4.25. The van der Waals surface area contributed by atoms with E-state index in [4.69, 9.17) is 9.47 Å². The number of ether oxygens (including phenoxy) is 2. The van der Waals surface area contributed by atoms with Gasteiger partial charge in [-0.3, -0.25) is 0 Å². The third kappa shape index (κ3) is 6.00. The first-order chi connectivity index (χ1) is 13.2. The molecule has 0 aromatic heterocycles. The number of benzene rings is 3. The molecule has 3 aromatic carbocycles. The third-order valence-electron chi connectivity index (χ3n) is 4.25. The molecule has 0 unspecified atom stereocenters. The van der Waals surface area contributed by atoms with Crippen molar-refractivity contribution in [2.75, 3.05) is 0 Å². The van der Waals surface area contributed by atoms with E-state index >= 15 is 0 Å². The van der Waals surface area contributed by atoms with Crippen molar-refractivity contribution in [1.82, 2.24) is 0 Å². The molecule has 0 saturated heterocycles. The van der Waals surface area contributed by atoms with Gasteiger partial charge in [0.05, 0.1) is 0 Å². The maximum absolute atomic E-state index is 11.3. The van der Waals surface area contributed by atoms with Gasteiger partial charge in [0.1, 0.15) is 19.0 Å². The lowest BCUT2D eigenvalue weighted by atomic mass is 10.1. The van der Waals surface area contributed by atoms with E-state index in [9.17, 15) is 4.79 Å². The minimum absolute atomic E-state index is 0.186. The highest BCUT2D eigenvalue weighted by Crippen LogP contribution is 2.30. The maximum atomic E-state index is 11.3. The number of rotatable bonds is 9. The lowest BCUT2D eigenvalue weighted by molar-refractivity contribution is -0.116. The SMILES string of the molecule is CC(=O)CCc1ccc(OCc2ccccc2)c(OCc2ccccc2)c1. The summed E-state index contributed by atoms with van der Waals surface area (Å²) in [7, 11) is 0. The first-order valence-corrected chi connectivity index (χ1v) is 9.16. The average molecular weight is 360 g/mol. The zero-order valence-corrected chi connectivity index (χ0v) is 15.6. The van der Waals surface area contributed by atoms with Gasteiger partial charge < -0.3 is 14.3 Å². The van der Waals surface area contributed by atoms with Gasteiger partial charge in [-0.05, 0) is 42.2 Å². The van der Waals surface area contributed by atoms with Crippen LogP contribution in [-0.2, 0) is 24.4 Å². The van der Waals surface area contributed by atoms with E-state index in [0.29, 0.717) is 37.6 Å². The molecule has 0 atom stereocenters. The Balaban J connectivity index is 1.74. The Hall–Kier alpha value is -3.07. The summed E-state index contributed by atoms with van der Waals surface area (Å²) in [6.07, 6.45) is 1.23. The molecule has 138 valence electrons. The van der Waals surface area contributed by atoms with E-state index in [2.05, 4.69) is 0 Å². The van der Waals surface area contributed by atoms with Gasteiger partial charge >= 0.3 is 0 Å². The van der Waals surface area contributed by atoms with Gasteiger partial charge in [-0.15, -0.1) is 0 Å². The lowest BCUT2D eigenvalue weighted by Gasteiger charge is -2.14. The Morgan fingerprint density at radius 3 is 1.81 bits per heavy atom. The topological polar surface area (TPSA) is 35.5 Å². The van der Waals surface area contributed by atoms with Crippen molar-refractivity contribution in [3.8, 4) is 11.5 Å². The van der Waals surface area contributed by atoms with Crippen LogP contribution in [-0.4, -0.2) is 5.78 Å². The Morgan fingerprint density at radius 1 is 0.704 bits per heavy atom. The summed E-state index contributed by atoms with van der Waals surface area (Å²) in [5.74, 6) is 1.60. The molecule has 0 spiro atoms. The van der Waals surface area contributed by atoms with Crippen LogP contribution in [0, 0.1) is 0 Å². The molecular weight excluding hydrogens is 336 g/mol. The molecule has 0 fully saturated rings. The van der Waals surface area contributed by atoms with Crippen LogP contribution in [0.15, 0.2) is 78.9 Å². The summed E-state index contributed by atoms with van der Waals surface area (Å²) in [5.41, 5.74) is 3.27. The quantitative estimate of drug-likeness (QED) is 0.515. The Morgan fingerprint density at radius 2 is 1.26 bits per heavy atom. The molecule has 0 heterocycles. The molecular formula is C24H24O3. The van der Waals surface area contributed by atoms with Gasteiger partial charge in [0, 0.05) is 6.42 Å². The largest absolute Gasteiger partial charge is 0.485 e. The monoisotopic (exact) mass is 360 g/mol. The molecule has 3 heteroatoms. The smallest absolute Gasteiger partial charge is 0.161 e. The van der Waals surface area contributed by atoms with Crippen LogP contribution >= 0.6 is 0 Å². The number of carbonyl (C=O) groups is 1. The number of Topliss-reactive ketones (excluding diaryl/α,β-unsaturated/α-hetero) is 1. The molecule has 0 N–H and O–H groups in total. The predicted molar refractivity (Wildman–Crippen MR) is 107 cm³/mol. The van der Waals surface area contributed by atoms with Crippen molar-refractivity contribution in [2.45, 2.75) is 33.0 Å². The van der Waals surface area contributed by atoms with Crippen molar-refractivity contribution in [3.63, 3.8) is 0 Å². The number of ketones is 1. The van der Waals surface area contributed by atoms with Gasteiger partial charge in [-0.2, -0.15) is 0 Å². The predicted octanol–water partition coefficient (Wildman–Crippen LogP) is 5.37. The van der Waals surface area contributed by atoms with Crippen LogP contribution in [0.25, 0.3) is 0 Å². The lowest BCUT2D eigenvalue weighted by Crippen LogP contribution is -2.02. The highest BCUT2D eigenvalue weighted by Gasteiger charge is 2.09. The highest BCUT2D eigenvalue weighted by atomic mass is 16.5. The number of aryl methyl sites for hydroxylation is 1. The van der Waals surface area contributed by atoms with Crippen molar-refractivity contribution in [1.29, 1.82) is 0 Å². The van der Waals surface area contributed by atoms with Crippen LogP contribution in [0.3, 0.4) is 0 Å². The second kappa shape index (κ2) is 9.58. The molecule has 3 nitrogen and oxygen atoms in total. The Labute approximate surface area is 160 Å². The van der Waals surface area contributed by atoms with Crippen LogP contribution in [0.4, 0.5) is 0 Å². The summed E-state index contributed by atoms with van der Waals surface area (Å²) in [5, 5.41) is 0. The molecule has 0 amide bonds. The summed E-state index contributed by atoms with van der Waals surface area (Å²) < 4.78 is 12.0. The zero-order chi connectivity index (χ0) is 18.9. The van der Waals surface area contributed by atoms with Crippen molar-refractivity contribution in [2.24, 2.45) is 0 Å². The molecule has 3 aromatic rings. The van der Waals surface area contributed by atoms with E-state index in [0.717, 1.165) is 16.7 Å². The van der Waals surface area contributed by atoms with Crippen LogP contribution in [0.1, 0.15) is 30.0 Å². The minimum Gasteiger partial charge on any atom is -0.485 e. The van der Waals surface area contributed by atoms with Crippen molar-refractivity contribution >= 4 is 5.78 Å².